The first-order valence-electron chi connectivity index (χ1n) is 8.17. The van der Waals surface area contributed by atoms with Gasteiger partial charge in [0.25, 0.3) is 5.91 Å². The fraction of sp³-hybridized carbons (Fsp3) is 0.333. The predicted molar refractivity (Wildman–Crippen MR) is 91.9 cm³/mol. The second-order valence-electron chi connectivity index (χ2n) is 5.73. The zero-order chi connectivity index (χ0) is 16.9. The highest BCUT2D eigenvalue weighted by Crippen LogP contribution is 2.22. The average molecular weight is 328 g/mol. The Labute approximate surface area is 141 Å². The van der Waals surface area contributed by atoms with Crippen molar-refractivity contribution in [3.8, 4) is 0 Å². The van der Waals surface area contributed by atoms with Gasteiger partial charge < -0.3 is 15.1 Å². The summed E-state index contributed by atoms with van der Waals surface area (Å²) in [5, 5.41) is 2.94. The second-order valence-corrected chi connectivity index (χ2v) is 5.73. The minimum Gasteiger partial charge on any atom is -0.337 e. The smallest absolute Gasteiger partial charge is 0.257 e. The molecule has 5 nitrogen and oxygen atoms in total. The minimum atomic E-state index is -0.377. The van der Waals surface area contributed by atoms with E-state index in [1.165, 1.54) is 6.07 Å². The van der Waals surface area contributed by atoms with Gasteiger partial charge in [-0.05, 0) is 30.8 Å². The Hall–Kier alpha value is -2.47. The molecule has 1 fully saturated rings. The van der Waals surface area contributed by atoms with Gasteiger partial charge in [0, 0.05) is 32.4 Å². The number of para-hydroxylation sites is 1. The lowest BCUT2D eigenvalue weighted by molar-refractivity contribution is 0.0644. The molecule has 126 valence electrons. The van der Waals surface area contributed by atoms with E-state index in [-0.39, 0.29) is 11.7 Å². The Morgan fingerprint density at radius 1 is 1.17 bits per heavy atom. The molecule has 0 unspecified atom stereocenters. The first kappa shape index (κ1) is 16.4. The zero-order valence-electron chi connectivity index (χ0n) is 13.7. The maximum Gasteiger partial charge on any atom is 0.257 e. The molecule has 1 aliphatic heterocycles. The number of piperazine rings is 1. The highest BCUT2D eigenvalue weighted by atomic mass is 19.1. The molecule has 6 heteroatoms. The van der Waals surface area contributed by atoms with Crippen molar-refractivity contribution in [2.45, 2.75) is 6.92 Å². The van der Waals surface area contributed by atoms with Crippen LogP contribution in [0.1, 0.15) is 17.3 Å². The molecule has 0 bridgehead atoms. The number of nitrogens with one attached hydrogen (secondary N) is 1. The molecule has 24 heavy (non-hydrogen) atoms. The summed E-state index contributed by atoms with van der Waals surface area (Å²) >= 11 is 0. The molecular weight excluding hydrogens is 307 g/mol. The van der Waals surface area contributed by atoms with E-state index >= 15 is 0 Å². The monoisotopic (exact) mass is 328 g/mol. The molecule has 2 heterocycles. The van der Waals surface area contributed by atoms with Gasteiger partial charge in [0.15, 0.2) is 0 Å². The fourth-order valence-electron chi connectivity index (χ4n) is 2.81. The maximum atomic E-state index is 13.9. The third-order valence-corrected chi connectivity index (χ3v) is 4.27. The van der Waals surface area contributed by atoms with E-state index < -0.39 is 0 Å². The number of benzene rings is 1. The summed E-state index contributed by atoms with van der Waals surface area (Å²) in [6.07, 6.45) is 1.59. The van der Waals surface area contributed by atoms with Crippen molar-refractivity contribution < 1.29 is 9.18 Å². The SMILES string of the molecule is CCN1CCN(C(=O)c2cccnc2Nc2ccccc2F)CC1. The third kappa shape index (κ3) is 3.54. The van der Waals surface area contributed by atoms with Gasteiger partial charge in [-0.3, -0.25) is 4.79 Å². The minimum absolute atomic E-state index is 0.0716. The molecular formula is C18H21FN4O. The number of carbonyl (C=O) groups excluding carboxylic acids is 1. The van der Waals surface area contributed by atoms with Crippen molar-refractivity contribution in [2.24, 2.45) is 0 Å². The molecule has 1 amide bonds. The van der Waals surface area contributed by atoms with Gasteiger partial charge in [0.2, 0.25) is 0 Å². The molecule has 0 radical (unpaired) electrons. The maximum absolute atomic E-state index is 13.9. The molecule has 2 aromatic rings. The van der Waals surface area contributed by atoms with Gasteiger partial charge in [-0.15, -0.1) is 0 Å². The summed E-state index contributed by atoms with van der Waals surface area (Å²) in [4.78, 5) is 21.2. The van der Waals surface area contributed by atoms with Gasteiger partial charge >= 0.3 is 0 Å². The van der Waals surface area contributed by atoms with Crippen LogP contribution in [0.2, 0.25) is 0 Å². The van der Waals surface area contributed by atoms with Crippen molar-refractivity contribution in [1.29, 1.82) is 0 Å². The summed E-state index contributed by atoms with van der Waals surface area (Å²) in [6.45, 7) is 6.25. The van der Waals surface area contributed by atoms with Crippen molar-refractivity contribution in [3.63, 3.8) is 0 Å². The van der Waals surface area contributed by atoms with E-state index in [0.717, 1.165) is 19.6 Å². The number of carbonyl (C=O) groups is 1. The van der Waals surface area contributed by atoms with Crippen LogP contribution in [-0.4, -0.2) is 53.4 Å². The van der Waals surface area contributed by atoms with Gasteiger partial charge in [-0.2, -0.15) is 0 Å². The highest BCUT2D eigenvalue weighted by molar-refractivity contribution is 5.99. The number of hydrogen-bond donors (Lipinski definition) is 1. The number of amides is 1. The Balaban J connectivity index is 1.79. The molecule has 3 rings (SSSR count). The van der Waals surface area contributed by atoms with Gasteiger partial charge in [-0.1, -0.05) is 19.1 Å². The summed E-state index contributed by atoms with van der Waals surface area (Å²) < 4.78 is 13.9. The van der Waals surface area contributed by atoms with E-state index in [2.05, 4.69) is 22.1 Å². The Bertz CT molecular complexity index is 714. The van der Waals surface area contributed by atoms with Gasteiger partial charge in [0.05, 0.1) is 11.3 Å². The largest absolute Gasteiger partial charge is 0.337 e. The summed E-state index contributed by atoms with van der Waals surface area (Å²) in [6, 6.07) is 9.81. The normalized spacial score (nSPS) is 15.3. The van der Waals surface area contributed by atoms with Gasteiger partial charge in [-0.25, -0.2) is 9.37 Å². The molecule has 1 aromatic heterocycles. The van der Waals surface area contributed by atoms with Crippen LogP contribution in [0, 0.1) is 5.82 Å². The van der Waals surface area contributed by atoms with Crippen LogP contribution in [0.5, 0.6) is 0 Å². The summed E-state index contributed by atoms with van der Waals surface area (Å²) in [7, 11) is 0. The van der Waals surface area contributed by atoms with Crippen LogP contribution < -0.4 is 5.32 Å². The lowest BCUT2D eigenvalue weighted by Crippen LogP contribution is -2.48. The fourth-order valence-corrected chi connectivity index (χ4v) is 2.81. The predicted octanol–water partition coefficient (Wildman–Crippen LogP) is 2.74. The lowest BCUT2D eigenvalue weighted by Gasteiger charge is -2.34. The number of anilines is 2. The van der Waals surface area contributed by atoms with Crippen LogP contribution in [0.15, 0.2) is 42.6 Å². The quantitative estimate of drug-likeness (QED) is 0.937. The van der Waals surface area contributed by atoms with E-state index in [4.69, 9.17) is 0 Å². The Morgan fingerprint density at radius 2 is 1.92 bits per heavy atom. The van der Waals surface area contributed by atoms with Gasteiger partial charge in [0.1, 0.15) is 11.6 Å². The summed E-state index contributed by atoms with van der Waals surface area (Å²) in [5.74, 6) is -0.0682. The van der Waals surface area contributed by atoms with Crippen LogP contribution in [0.4, 0.5) is 15.9 Å². The number of aromatic nitrogens is 1. The molecule has 0 atom stereocenters. The number of halogens is 1. The molecule has 1 saturated heterocycles. The average Bonchev–Trinajstić information content (AvgIpc) is 2.63. The second kappa shape index (κ2) is 7.40. The van der Waals surface area contributed by atoms with E-state index in [0.29, 0.717) is 30.2 Å². The summed E-state index contributed by atoms with van der Waals surface area (Å²) in [5.41, 5.74) is 0.770. The van der Waals surface area contributed by atoms with E-state index in [1.807, 2.05) is 4.90 Å². The molecule has 0 aliphatic carbocycles. The number of pyridine rings is 1. The van der Waals surface area contributed by atoms with E-state index in [1.54, 1.807) is 36.5 Å². The third-order valence-electron chi connectivity index (χ3n) is 4.27. The zero-order valence-corrected chi connectivity index (χ0v) is 13.7. The first-order chi connectivity index (χ1) is 11.7. The number of likely N-dealkylation sites (N-methyl/N-ethyl adjacent to an activating group) is 1. The Morgan fingerprint density at radius 3 is 2.62 bits per heavy atom. The molecule has 1 N–H and O–H groups in total. The number of rotatable bonds is 4. The molecule has 1 aromatic carbocycles. The number of hydrogen-bond acceptors (Lipinski definition) is 4. The Kier molecular flexibility index (Phi) is 5.05. The molecule has 0 saturated carbocycles. The molecule has 1 aliphatic rings. The number of nitrogens with zero attached hydrogens (tertiary/aromatic N) is 3. The van der Waals surface area contributed by atoms with Crippen LogP contribution >= 0.6 is 0 Å². The van der Waals surface area contributed by atoms with E-state index in [9.17, 15) is 9.18 Å². The van der Waals surface area contributed by atoms with Crippen molar-refractivity contribution in [2.75, 3.05) is 38.0 Å². The van der Waals surface area contributed by atoms with Crippen LogP contribution in [0.3, 0.4) is 0 Å². The van der Waals surface area contributed by atoms with Crippen molar-refractivity contribution in [1.82, 2.24) is 14.8 Å². The van der Waals surface area contributed by atoms with Crippen molar-refractivity contribution in [3.05, 3.63) is 54.0 Å². The highest BCUT2D eigenvalue weighted by Gasteiger charge is 2.23. The lowest BCUT2D eigenvalue weighted by atomic mass is 10.2. The van der Waals surface area contributed by atoms with Crippen LogP contribution in [-0.2, 0) is 0 Å². The first-order valence-corrected chi connectivity index (χ1v) is 8.17. The standard InChI is InChI=1S/C18H21FN4O/c1-2-22-10-12-23(13-11-22)18(24)14-6-5-9-20-17(14)21-16-8-4-3-7-15(16)19/h3-9H,2,10-13H2,1H3,(H,20,21). The van der Waals surface area contributed by atoms with Crippen LogP contribution in [0.25, 0.3) is 0 Å². The topological polar surface area (TPSA) is 48.5 Å². The van der Waals surface area contributed by atoms with Crippen molar-refractivity contribution >= 4 is 17.4 Å². The molecule has 0 spiro atoms.